The van der Waals surface area contributed by atoms with Gasteiger partial charge in [0.1, 0.15) is 0 Å². The van der Waals surface area contributed by atoms with E-state index in [0.717, 1.165) is 36.8 Å². The summed E-state index contributed by atoms with van der Waals surface area (Å²) in [5.74, 6) is -0.261. The van der Waals surface area contributed by atoms with Crippen molar-refractivity contribution >= 4 is 28.4 Å². The Labute approximate surface area is 151 Å². The molecule has 2 amide bonds. The second kappa shape index (κ2) is 6.96. The number of rotatable bonds is 3. The molecule has 1 aliphatic rings. The van der Waals surface area contributed by atoms with Crippen LogP contribution in [0, 0.1) is 0 Å². The first-order valence-electron chi connectivity index (χ1n) is 8.77. The summed E-state index contributed by atoms with van der Waals surface area (Å²) in [6.45, 7) is 1.58. The van der Waals surface area contributed by atoms with Crippen LogP contribution in [0.1, 0.15) is 33.6 Å². The number of amides is 2. The van der Waals surface area contributed by atoms with E-state index in [1.807, 2.05) is 35.2 Å². The maximum atomic E-state index is 12.7. The molecule has 2 heterocycles. The summed E-state index contributed by atoms with van der Waals surface area (Å²) in [6, 6.07) is 16.4. The van der Waals surface area contributed by atoms with Crippen molar-refractivity contribution in [3.05, 3.63) is 71.9 Å². The lowest BCUT2D eigenvalue weighted by Crippen LogP contribution is -2.27. The zero-order valence-corrected chi connectivity index (χ0v) is 14.3. The minimum atomic E-state index is -0.251. The number of nitrogens with one attached hydrogen (secondary N) is 1. The van der Waals surface area contributed by atoms with Crippen molar-refractivity contribution in [1.29, 1.82) is 0 Å². The van der Waals surface area contributed by atoms with Crippen LogP contribution in [0.3, 0.4) is 0 Å². The first kappa shape index (κ1) is 16.3. The molecule has 0 radical (unpaired) electrons. The normalized spacial score (nSPS) is 13.8. The number of aromatic nitrogens is 1. The van der Waals surface area contributed by atoms with Crippen LogP contribution >= 0.6 is 0 Å². The largest absolute Gasteiger partial charge is 0.339 e. The zero-order chi connectivity index (χ0) is 17.9. The van der Waals surface area contributed by atoms with Crippen LogP contribution in [0.15, 0.2) is 60.8 Å². The first-order valence-corrected chi connectivity index (χ1v) is 8.77. The Morgan fingerprint density at radius 1 is 0.923 bits per heavy atom. The number of hydrogen-bond acceptors (Lipinski definition) is 3. The van der Waals surface area contributed by atoms with Crippen molar-refractivity contribution in [2.24, 2.45) is 0 Å². The predicted octanol–water partition coefficient (Wildman–Crippen LogP) is 3.72. The molecule has 1 N–H and O–H groups in total. The maximum Gasteiger partial charge on any atom is 0.255 e. The Bertz CT molecular complexity index is 972. The highest BCUT2D eigenvalue weighted by Crippen LogP contribution is 2.22. The highest BCUT2D eigenvalue weighted by atomic mass is 16.2. The van der Waals surface area contributed by atoms with E-state index in [0.29, 0.717) is 16.8 Å². The topological polar surface area (TPSA) is 62.3 Å². The van der Waals surface area contributed by atoms with Crippen LogP contribution in [0.2, 0.25) is 0 Å². The van der Waals surface area contributed by atoms with Gasteiger partial charge in [-0.1, -0.05) is 24.3 Å². The average Bonchev–Trinajstić information content (AvgIpc) is 3.22. The Kier molecular flexibility index (Phi) is 4.35. The summed E-state index contributed by atoms with van der Waals surface area (Å²) in [4.78, 5) is 31.4. The van der Waals surface area contributed by atoms with E-state index in [4.69, 9.17) is 0 Å². The molecule has 4 rings (SSSR count). The van der Waals surface area contributed by atoms with Gasteiger partial charge >= 0.3 is 0 Å². The van der Waals surface area contributed by atoms with E-state index in [1.165, 1.54) is 0 Å². The van der Waals surface area contributed by atoms with Gasteiger partial charge in [-0.05, 0) is 43.2 Å². The second-order valence-electron chi connectivity index (χ2n) is 6.41. The van der Waals surface area contributed by atoms with Crippen LogP contribution < -0.4 is 5.32 Å². The zero-order valence-electron chi connectivity index (χ0n) is 14.3. The number of carbonyl (C=O) groups excluding carboxylic acids is 2. The van der Waals surface area contributed by atoms with Crippen molar-refractivity contribution in [2.75, 3.05) is 18.4 Å². The van der Waals surface area contributed by atoms with Gasteiger partial charge in [-0.2, -0.15) is 0 Å². The quantitative estimate of drug-likeness (QED) is 0.787. The monoisotopic (exact) mass is 345 g/mol. The van der Waals surface area contributed by atoms with Gasteiger partial charge in [-0.25, -0.2) is 0 Å². The van der Waals surface area contributed by atoms with Crippen molar-refractivity contribution in [2.45, 2.75) is 12.8 Å². The highest BCUT2D eigenvalue weighted by molar-refractivity contribution is 6.09. The Balaban J connectivity index is 1.58. The summed E-state index contributed by atoms with van der Waals surface area (Å²) in [5.41, 5.74) is 2.41. The fraction of sp³-hybridized carbons (Fsp3) is 0.190. The molecule has 1 saturated heterocycles. The molecule has 0 saturated carbocycles. The van der Waals surface area contributed by atoms with Crippen molar-refractivity contribution in [3.8, 4) is 0 Å². The highest BCUT2D eigenvalue weighted by Gasteiger charge is 2.20. The number of benzene rings is 2. The molecule has 3 aromatic rings. The number of hydrogen-bond donors (Lipinski definition) is 1. The Morgan fingerprint density at radius 2 is 1.65 bits per heavy atom. The van der Waals surface area contributed by atoms with Gasteiger partial charge in [-0.15, -0.1) is 0 Å². The van der Waals surface area contributed by atoms with E-state index >= 15 is 0 Å². The minimum absolute atomic E-state index is 0.0102. The third-order valence-corrected chi connectivity index (χ3v) is 4.65. The number of likely N-dealkylation sites (tertiary alicyclic amines) is 1. The molecular formula is C21H19N3O2. The van der Waals surface area contributed by atoms with Gasteiger partial charge in [0, 0.05) is 35.8 Å². The van der Waals surface area contributed by atoms with Crippen LogP contribution in [0.4, 0.5) is 5.69 Å². The van der Waals surface area contributed by atoms with Crippen molar-refractivity contribution in [1.82, 2.24) is 9.88 Å². The molecule has 0 spiro atoms. The van der Waals surface area contributed by atoms with Crippen molar-refractivity contribution < 1.29 is 9.59 Å². The fourth-order valence-corrected chi connectivity index (χ4v) is 3.30. The summed E-state index contributed by atoms with van der Waals surface area (Å²) >= 11 is 0. The fourth-order valence-electron chi connectivity index (χ4n) is 3.30. The molecule has 5 nitrogen and oxygen atoms in total. The third-order valence-electron chi connectivity index (χ3n) is 4.65. The van der Waals surface area contributed by atoms with E-state index in [1.54, 1.807) is 30.5 Å². The minimum Gasteiger partial charge on any atom is -0.339 e. The molecular weight excluding hydrogens is 326 g/mol. The third kappa shape index (κ3) is 3.16. The molecule has 0 bridgehead atoms. The van der Waals surface area contributed by atoms with Crippen LogP contribution in [-0.2, 0) is 0 Å². The second-order valence-corrected chi connectivity index (χ2v) is 6.41. The lowest BCUT2D eigenvalue weighted by molar-refractivity contribution is 0.0793. The number of nitrogens with zero attached hydrogens (tertiary/aromatic N) is 2. The van der Waals surface area contributed by atoms with Gasteiger partial charge in [0.15, 0.2) is 0 Å². The number of anilines is 1. The van der Waals surface area contributed by atoms with Crippen molar-refractivity contribution in [3.63, 3.8) is 0 Å². The summed E-state index contributed by atoms with van der Waals surface area (Å²) in [6.07, 6.45) is 3.79. The molecule has 0 aliphatic carbocycles. The molecule has 0 unspecified atom stereocenters. The molecule has 130 valence electrons. The molecule has 1 aliphatic heterocycles. The first-order chi connectivity index (χ1) is 12.7. The number of pyridine rings is 1. The average molecular weight is 345 g/mol. The lowest BCUT2D eigenvalue weighted by Gasteiger charge is -2.15. The lowest BCUT2D eigenvalue weighted by atomic mass is 10.1. The van der Waals surface area contributed by atoms with E-state index in [9.17, 15) is 9.59 Å². The van der Waals surface area contributed by atoms with Gasteiger partial charge in [0.2, 0.25) is 0 Å². The van der Waals surface area contributed by atoms with Crippen LogP contribution in [0.25, 0.3) is 10.9 Å². The predicted molar refractivity (Wildman–Crippen MR) is 101 cm³/mol. The molecule has 1 fully saturated rings. The van der Waals surface area contributed by atoms with Gasteiger partial charge in [0.25, 0.3) is 11.8 Å². The van der Waals surface area contributed by atoms with Crippen LogP contribution in [0.5, 0.6) is 0 Å². The Morgan fingerprint density at radius 3 is 2.50 bits per heavy atom. The summed E-state index contributed by atoms with van der Waals surface area (Å²) in [7, 11) is 0. The molecule has 26 heavy (non-hydrogen) atoms. The van der Waals surface area contributed by atoms with Gasteiger partial charge in [-0.3, -0.25) is 14.6 Å². The SMILES string of the molecule is O=C(Nc1cccc2cccnc12)c1cccc(C(=O)N2CCCC2)c1. The smallest absolute Gasteiger partial charge is 0.255 e. The van der Waals surface area contributed by atoms with E-state index in [-0.39, 0.29) is 11.8 Å². The Hall–Kier alpha value is -3.21. The molecule has 5 heteroatoms. The van der Waals surface area contributed by atoms with Crippen LogP contribution in [-0.4, -0.2) is 34.8 Å². The molecule has 0 atom stereocenters. The van der Waals surface area contributed by atoms with Gasteiger partial charge < -0.3 is 10.2 Å². The summed E-state index contributed by atoms with van der Waals surface area (Å²) in [5, 5.41) is 3.87. The molecule has 2 aromatic carbocycles. The van der Waals surface area contributed by atoms with E-state index in [2.05, 4.69) is 10.3 Å². The van der Waals surface area contributed by atoms with E-state index < -0.39 is 0 Å². The summed E-state index contributed by atoms with van der Waals surface area (Å²) < 4.78 is 0. The standard InChI is InChI=1S/C21H19N3O2/c25-20(23-18-10-4-6-15-9-5-11-22-19(15)18)16-7-3-8-17(14-16)21(26)24-12-1-2-13-24/h3-11,14H,1-2,12-13H2,(H,23,25). The maximum absolute atomic E-state index is 12.7. The number of para-hydroxylation sites is 1. The number of fused-ring (bicyclic) bond motifs is 1. The van der Waals surface area contributed by atoms with Gasteiger partial charge in [0.05, 0.1) is 11.2 Å². The number of carbonyl (C=O) groups is 2. The molecule has 1 aromatic heterocycles.